The second-order valence-electron chi connectivity index (χ2n) is 2.95. The largest absolute Gasteiger partial charge is 0.319 e. The van der Waals surface area contributed by atoms with Crippen LogP contribution in [0.5, 0.6) is 0 Å². The molecule has 0 radical (unpaired) electrons. The van der Waals surface area contributed by atoms with Crippen molar-refractivity contribution in [2.24, 2.45) is 5.73 Å². The van der Waals surface area contributed by atoms with Crippen molar-refractivity contribution >= 4 is 27.7 Å². The Morgan fingerprint density at radius 2 is 2.27 bits per heavy atom. The van der Waals surface area contributed by atoms with Crippen LogP contribution in [0.15, 0.2) is 28.9 Å². The van der Waals surface area contributed by atoms with E-state index in [1.165, 1.54) is 0 Å². The summed E-state index contributed by atoms with van der Waals surface area (Å²) in [6, 6.07) is 4.44. The quantitative estimate of drug-likeness (QED) is 0.923. The average Bonchev–Trinajstić information content (AvgIpc) is 2.74. The van der Waals surface area contributed by atoms with Crippen LogP contribution in [0.2, 0.25) is 0 Å². The van der Waals surface area contributed by atoms with E-state index in [4.69, 9.17) is 5.73 Å². The number of hydrogen-bond donors (Lipinski definition) is 1. The van der Waals surface area contributed by atoms with Crippen molar-refractivity contribution in [2.75, 3.05) is 0 Å². The Hall–Kier alpha value is -0.850. The lowest BCUT2D eigenvalue weighted by molar-refractivity contribution is 0.591. The van der Waals surface area contributed by atoms with E-state index in [1.54, 1.807) is 24.4 Å². The van der Waals surface area contributed by atoms with Crippen molar-refractivity contribution in [1.29, 1.82) is 0 Å². The highest BCUT2D eigenvalue weighted by molar-refractivity contribution is 9.10. The van der Waals surface area contributed by atoms with Gasteiger partial charge in [-0.25, -0.2) is 4.39 Å². The Balaban J connectivity index is 2.42. The molecule has 6 heteroatoms. The molecule has 1 atom stereocenters. The van der Waals surface area contributed by atoms with Gasteiger partial charge in [0.15, 0.2) is 0 Å². The molecule has 3 nitrogen and oxygen atoms in total. The lowest BCUT2D eigenvalue weighted by Gasteiger charge is -2.10. The number of aromatic nitrogens is 2. The van der Waals surface area contributed by atoms with E-state index < -0.39 is 6.04 Å². The third kappa shape index (κ3) is 2.06. The van der Waals surface area contributed by atoms with E-state index >= 15 is 0 Å². The molecule has 0 amide bonds. The first-order valence-electron chi connectivity index (χ1n) is 4.17. The molecule has 0 aliphatic heterocycles. The van der Waals surface area contributed by atoms with Crippen LogP contribution in [0.4, 0.5) is 4.39 Å². The zero-order valence-electron chi connectivity index (χ0n) is 7.52. The van der Waals surface area contributed by atoms with Gasteiger partial charge in [-0.1, -0.05) is 12.1 Å². The first-order chi connectivity index (χ1) is 7.20. The van der Waals surface area contributed by atoms with Gasteiger partial charge in [0.1, 0.15) is 5.82 Å². The van der Waals surface area contributed by atoms with Crippen molar-refractivity contribution in [3.8, 4) is 0 Å². The Morgan fingerprint density at radius 1 is 1.47 bits per heavy atom. The predicted molar refractivity (Wildman–Crippen MR) is 60.0 cm³/mol. The number of benzene rings is 1. The zero-order valence-corrected chi connectivity index (χ0v) is 9.93. The van der Waals surface area contributed by atoms with Gasteiger partial charge in [0.25, 0.3) is 0 Å². The molecule has 0 aliphatic carbocycles. The molecular formula is C9H7BrFN3S. The fraction of sp³-hybridized carbons (Fsp3) is 0.111. The minimum absolute atomic E-state index is 0.349. The molecule has 78 valence electrons. The van der Waals surface area contributed by atoms with E-state index in [1.807, 2.05) is 0 Å². The molecule has 0 spiro atoms. The fourth-order valence-corrected chi connectivity index (χ4v) is 2.07. The van der Waals surface area contributed by atoms with Gasteiger partial charge in [0.2, 0.25) is 0 Å². The van der Waals surface area contributed by atoms with Crippen LogP contribution >= 0.6 is 27.7 Å². The molecule has 2 aromatic rings. The Bertz CT molecular complexity index is 460. The van der Waals surface area contributed by atoms with Crippen LogP contribution in [0.25, 0.3) is 0 Å². The summed E-state index contributed by atoms with van der Waals surface area (Å²) in [5, 5.41) is 0. The molecule has 15 heavy (non-hydrogen) atoms. The summed E-state index contributed by atoms with van der Waals surface area (Å²) in [5.74, 6) is -0.349. The number of hydrogen-bond acceptors (Lipinski definition) is 4. The molecule has 0 bridgehead atoms. The maximum atomic E-state index is 13.7. The molecule has 0 saturated heterocycles. The van der Waals surface area contributed by atoms with Crippen molar-refractivity contribution in [1.82, 2.24) is 8.75 Å². The maximum Gasteiger partial charge on any atom is 0.142 e. The highest BCUT2D eigenvalue weighted by atomic mass is 79.9. The summed E-state index contributed by atoms with van der Waals surface area (Å²) in [6.07, 6.45) is 1.55. The van der Waals surface area contributed by atoms with Gasteiger partial charge in [-0.2, -0.15) is 8.75 Å². The van der Waals surface area contributed by atoms with Gasteiger partial charge in [-0.15, -0.1) is 0 Å². The summed E-state index contributed by atoms with van der Waals surface area (Å²) in [7, 11) is 0. The highest BCUT2D eigenvalue weighted by Gasteiger charge is 2.17. The number of rotatable bonds is 2. The van der Waals surface area contributed by atoms with Crippen LogP contribution in [-0.4, -0.2) is 8.75 Å². The first kappa shape index (κ1) is 10.7. The van der Waals surface area contributed by atoms with Gasteiger partial charge in [-0.05, 0) is 22.0 Å². The van der Waals surface area contributed by atoms with Gasteiger partial charge in [0.05, 0.1) is 34.1 Å². The van der Waals surface area contributed by atoms with Crippen LogP contribution in [0.3, 0.4) is 0 Å². The zero-order chi connectivity index (χ0) is 10.8. The Labute approximate surface area is 98.6 Å². The van der Waals surface area contributed by atoms with Gasteiger partial charge in [-0.3, -0.25) is 0 Å². The van der Waals surface area contributed by atoms with Crippen molar-refractivity contribution in [2.45, 2.75) is 6.04 Å². The average molecular weight is 288 g/mol. The topological polar surface area (TPSA) is 51.8 Å². The maximum absolute atomic E-state index is 13.7. The lowest BCUT2D eigenvalue weighted by atomic mass is 10.1. The molecular weight excluding hydrogens is 281 g/mol. The van der Waals surface area contributed by atoms with E-state index in [0.29, 0.717) is 15.7 Å². The van der Waals surface area contributed by atoms with Gasteiger partial charge >= 0.3 is 0 Å². The van der Waals surface area contributed by atoms with Crippen LogP contribution in [-0.2, 0) is 0 Å². The van der Waals surface area contributed by atoms with Gasteiger partial charge in [0, 0.05) is 5.56 Å². The second kappa shape index (κ2) is 4.34. The summed E-state index contributed by atoms with van der Waals surface area (Å²) in [4.78, 5) is 0. The molecule has 1 aromatic heterocycles. The molecule has 1 unspecified atom stereocenters. The van der Waals surface area contributed by atoms with E-state index in [-0.39, 0.29) is 5.82 Å². The number of halogens is 2. The molecule has 1 heterocycles. The first-order valence-corrected chi connectivity index (χ1v) is 5.69. The third-order valence-electron chi connectivity index (χ3n) is 2.01. The minimum Gasteiger partial charge on any atom is -0.319 e. The van der Waals surface area contributed by atoms with E-state index in [0.717, 1.165) is 11.7 Å². The lowest BCUT2D eigenvalue weighted by Crippen LogP contribution is -2.14. The standard InChI is InChI=1S/C9H7BrFN3S/c10-6-3-1-2-5(8(6)11)9(12)7-4-13-15-14-7/h1-4,9H,12H2. The van der Waals surface area contributed by atoms with Gasteiger partial charge < -0.3 is 5.73 Å². The second-order valence-corrected chi connectivity index (χ2v) is 4.36. The molecule has 2 rings (SSSR count). The predicted octanol–water partition coefficient (Wildman–Crippen LogP) is 2.49. The van der Waals surface area contributed by atoms with Crippen molar-refractivity contribution in [3.63, 3.8) is 0 Å². The number of nitrogens with two attached hydrogens (primary N) is 1. The summed E-state index contributed by atoms with van der Waals surface area (Å²) in [6.45, 7) is 0. The Morgan fingerprint density at radius 3 is 2.93 bits per heavy atom. The van der Waals surface area contributed by atoms with E-state index in [2.05, 4.69) is 24.7 Å². The SMILES string of the molecule is NC(c1cnsn1)c1cccc(Br)c1F. The highest BCUT2D eigenvalue weighted by Crippen LogP contribution is 2.25. The molecule has 1 aromatic carbocycles. The fourth-order valence-electron chi connectivity index (χ4n) is 1.23. The van der Waals surface area contributed by atoms with Crippen molar-refractivity contribution in [3.05, 3.63) is 45.9 Å². The number of nitrogens with zero attached hydrogens (tertiary/aromatic N) is 2. The Kier molecular flexibility index (Phi) is 3.08. The smallest absolute Gasteiger partial charge is 0.142 e. The molecule has 2 N–H and O–H groups in total. The third-order valence-corrected chi connectivity index (χ3v) is 3.12. The van der Waals surface area contributed by atoms with Crippen LogP contribution in [0, 0.1) is 5.82 Å². The van der Waals surface area contributed by atoms with Crippen LogP contribution in [0.1, 0.15) is 17.3 Å². The molecule has 0 aliphatic rings. The normalized spacial score (nSPS) is 12.7. The summed E-state index contributed by atoms with van der Waals surface area (Å²) in [5.41, 5.74) is 6.87. The summed E-state index contributed by atoms with van der Waals surface area (Å²) < 4.78 is 21.9. The summed E-state index contributed by atoms with van der Waals surface area (Å²) >= 11 is 4.17. The monoisotopic (exact) mass is 287 g/mol. The van der Waals surface area contributed by atoms with E-state index in [9.17, 15) is 4.39 Å². The van der Waals surface area contributed by atoms with Crippen molar-refractivity contribution < 1.29 is 4.39 Å². The molecule has 0 fully saturated rings. The van der Waals surface area contributed by atoms with Crippen LogP contribution < -0.4 is 5.73 Å². The molecule has 0 saturated carbocycles. The minimum atomic E-state index is -0.568.